The van der Waals surface area contributed by atoms with Crippen molar-refractivity contribution in [3.8, 4) is 6.07 Å². The smallest absolute Gasteiger partial charge is 0.109 e. The average molecular weight is 292 g/mol. The summed E-state index contributed by atoms with van der Waals surface area (Å²) in [6.45, 7) is 12.7. The van der Waals surface area contributed by atoms with Crippen LogP contribution in [0.3, 0.4) is 0 Å². The second-order valence-electron chi connectivity index (χ2n) is 7.71. The van der Waals surface area contributed by atoms with Gasteiger partial charge in [-0.3, -0.25) is 4.90 Å². The lowest BCUT2D eigenvalue weighted by Crippen LogP contribution is -2.54. The number of nitrogens with zero attached hydrogens (tertiary/aromatic N) is 3. The fourth-order valence-corrected chi connectivity index (χ4v) is 3.98. The van der Waals surface area contributed by atoms with Gasteiger partial charge in [0.05, 0.1) is 6.07 Å². The Labute approximate surface area is 130 Å². The van der Waals surface area contributed by atoms with E-state index in [1.165, 1.54) is 39.0 Å². The minimum Gasteiger partial charge on any atom is -0.302 e. The van der Waals surface area contributed by atoms with E-state index in [0.717, 1.165) is 19.4 Å². The van der Waals surface area contributed by atoms with Gasteiger partial charge < -0.3 is 10.2 Å². The van der Waals surface area contributed by atoms with Crippen LogP contribution < -0.4 is 5.32 Å². The molecule has 4 nitrogen and oxygen atoms in total. The van der Waals surface area contributed by atoms with Gasteiger partial charge in [-0.15, -0.1) is 0 Å². The first-order chi connectivity index (χ1) is 9.91. The van der Waals surface area contributed by atoms with Gasteiger partial charge in [-0.25, -0.2) is 0 Å². The number of piperazine rings is 1. The molecule has 2 fully saturated rings. The average Bonchev–Trinajstić information content (AvgIpc) is 2.88. The van der Waals surface area contributed by atoms with Crippen LogP contribution in [0.1, 0.15) is 46.5 Å². The molecule has 0 aromatic rings. The molecule has 2 aliphatic rings. The van der Waals surface area contributed by atoms with Crippen molar-refractivity contribution in [1.82, 2.24) is 15.1 Å². The summed E-state index contributed by atoms with van der Waals surface area (Å²) in [5.41, 5.74) is 0.0346. The summed E-state index contributed by atoms with van der Waals surface area (Å²) in [6.07, 6.45) is 4.57. The summed E-state index contributed by atoms with van der Waals surface area (Å²) >= 11 is 0. The van der Waals surface area contributed by atoms with Gasteiger partial charge in [-0.2, -0.15) is 5.26 Å². The maximum absolute atomic E-state index is 9.52. The maximum atomic E-state index is 9.52. The Hall–Kier alpha value is -0.630. The number of nitrogens with one attached hydrogen (secondary N) is 1. The van der Waals surface area contributed by atoms with Crippen molar-refractivity contribution in [2.24, 2.45) is 5.92 Å². The number of nitriles is 1. The fraction of sp³-hybridized carbons (Fsp3) is 0.941. The summed E-state index contributed by atoms with van der Waals surface area (Å²) in [5.74, 6) is 0.521. The minimum atomic E-state index is -0.257. The van der Waals surface area contributed by atoms with Gasteiger partial charge in [0.2, 0.25) is 0 Å². The third-order valence-electron chi connectivity index (χ3n) is 5.58. The standard InChI is InChI=1S/C17H32N4/c1-16(2,3)21-12-10-20(11-13-21)9-7-15-6-5-8-17(15,14-18)19-4/h15,19H,5-13H2,1-4H3. The van der Waals surface area contributed by atoms with Crippen molar-refractivity contribution >= 4 is 0 Å². The van der Waals surface area contributed by atoms with E-state index in [0.29, 0.717) is 11.5 Å². The lowest BCUT2D eigenvalue weighted by atomic mass is 9.86. The van der Waals surface area contributed by atoms with Gasteiger partial charge in [-0.05, 0) is 59.5 Å². The van der Waals surface area contributed by atoms with Gasteiger partial charge in [0.25, 0.3) is 0 Å². The van der Waals surface area contributed by atoms with Crippen molar-refractivity contribution in [1.29, 1.82) is 5.26 Å². The van der Waals surface area contributed by atoms with E-state index in [9.17, 15) is 5.26 Å². The summed E-state index contributed by atoms with van der Waals surface area (Å²) in [6, 6.07) is 2.55. The van der Waals surface area contributed by atoms with Crippen LogP contribution in [0, 0.1) is 17.2 Å². The molecule has 0 aromatic heterocycles. The van der Waals surface area contributed by atoms with Crippen molar-refractivity contribution in [2.75, 3.05) is 39.8 Å². The fourth-order valence-electron chi connectivity index (χ4n) is 3.98. The van der Waals surface area contributed by atoms with Crippen molar-refractivity contribution in [3.63, 3.8) is 0 Å². The van der Waals surface area contributed by atoms with Crippen LogP contribution in [-0.4, -0.2) is 60.6 Å². The molecule has 2 atom stereocenters. The Morgan fingerprint density at radius 3 is 2.43 bits per heavy atom. The van der Waals surface area contributed by atoms with Crippen LogP contribution in [0.25, 0.3) is 0 Å². The highest BCUT2D eigenvalue weighted by atomic mass is 15.3. The Morgan fingerprint density at radius 1 is 1.24 bits per heavy atom. The highest BCUT2D eigenvalue weighted by Crippen LogP contribution is 2.37. The summed E-state index contributed by atoms with van der Waals surface area (Å²) in [7, 11) is 1.95. The second-order valence-corrected chi connectivity index (χ2v) is 7.71. The minimum absolute atomic E-state index is 0.257. The third-order valence-corrected chi connectivity index (χ3v) is 5.58. The third kappa shape index (κ3) is 3.77. The molecule has 1 saturated carbocycles. The topological polar surface area (TPSA) is 42.3 Å². The van der Waals surface area contributed by atoms with Crippen LogP contribution in [-0.2, 0) is 0 Å². The molecule has 1 heterocycles. The predicted octanol–water partition coefficient (Wildman–Crippen LogP) is 2.07. The number of hydrogen-bond donors (Lipinski definition) is 1. The maximum Gasteiger partial charge on any atom is 0.109 e. The first kappa shape index (κ1) is 16.7. The molecule has 1 N–H and O–H groups in total. The van der Waals surface area contributed by atoms with Gasteiger partial charge in [0.1, 0.15) is 5.54 Å². The van der Waals surface area contributed by atoms with Crippen LogP contribution in [0.4, 0.5) is 0 Å². The highest BCUT2D eigenvalue weighted by Gasteiger charge is 2.41. The van der Waals surface area contributed by atoms with E-state index in [4.69, 9.17) is 0 Å². The SMILES string of the molecule is CNC1(C#N)CCCC1CCN1CCN(C(C)(C)C)CC1. The molecule has 0 amide bonds. The molecule has 21 heavy (non-hydrogen) atoms. The molecular formula is C17H32N4. The Morgan fingerprint density at radius 2 is 1.90 bits per heavy atom. The molecular weight excluding hydrogens is 260 g/mol. The molecule has 2 unspecified atom stereocenters. The summed E-state index contributed by atoms with van der Waals surface area (Å²) in [5, 5.41) is 12.8. The van der Waals surface area contributed by atoms with E-state index >= 15 is 0 Å². The highest BCUT2D eigenvalue weighted by molar-refractivity contribution is 5.13. The number of hydrogen-bond acceptors (Lipinski definition) is 4. The largest absolute Gasteiger partial charge is 0.302 e. The second kappa shape index (κ2) is 6.64. The molecule has 4 heteroatoms. The lowest BCUT2D eigenvalue weighted by Gasteiger charge is -2.42. The van der Waals surface area contributed by atoms with Crippen molar-refractivity contribution < 1.29 is 0 Å². The molecule has 0 spiro atoms. The van der Waals surface area contributed by atoms with Crippen LogP contribution in [0.2, 0.25) is 0 Å². The Balaban J connectivity index is 1.79. The van der Waals surface area contributed by atoms with Crippen molar-refractivity contribution in [3.05, 3.63) is 0 Å². The zero-order valence-electron chi connectivity index (χ0n) is 14.3. The molecule has 2 rings (SSSR count). The zero-order chi connectivity index (χ0) is 15.5. The Bertz CT molecular complexity index is 373. The predicted molar refractivity (Wildman–Crippen MR) is 87.1 cm³/mol. The molecule has 120 valence electrons. The molecule has 0 aromatic carbocycles. The molecule has 1 aliphatic heterocycles. The van der Waals surface area contributed by atoms with Crippen molar-refractivity contribution in [2.45, 2.75) is 57.5 Å². The summed E-state index contributed by atoms with van der Waals surface area (Å²) in [4.78, 5) is 5.16. The quantitative estimate of drug-likeness (QED) is 0.861. The normalized spacial score (nSPS) is 32.2. The van der Waals surface area contributed by atoms with Crippen LogP contribution in [0.15, 0.2) is 0 Å². The number of rotatable bonds is 4. The first-order valence-corrected chi connectivity index (χ1v) is 8.49. The van der Waals surface area contributed by atoms with Crippen LogP contribution >= 0.6 is 0 Å². The van der Waals surface area contributed by atoms with Crippen LogP contribution in [0.5, 0.6) is 0 Å². The van der Waals surface area contributed by atoms with E-state index in [2.05, 4.69) is 42.0 Å². The molecule has 1 aliphatic carbocycles. The van der Waals surface area contributed by atoms with E-state index in [1.807, 2.05) is 7.05 Å². The van der Waals surface area contributed by atoms with Gasteiger partial charge >= 0.3 is 0 Å². The lowest BCUT2D eigenvalue weighted by molar-refractivity contribution is 0.0587. The van der Waals surface area contributed by atoms with E-state index in [-0.39, 0.29) is 5.54 Å². The van der Waals surface area contributed by atoms with E-state index in [1.54, 1.807) is 0 Å². The Kier molecular flexibility index (Phi) is 5.29. The van der Waals surface area contributed by atoms with E-state index < -0.39 is 0 Å². The monoisotopic (exact) mass is 292 g/mol. The zero-order valence-corrected chi connectivity index (χ0v) is 14.3. The molecule has 0 bridgehead atoms. The first-order valence-electron chi connectivity index (χ1n) is 8.49. The van der Waals surface area contributed by atoms with Gasteiger partial charge in [0, 0.05) is 31.7 Å². The summed E-state index contributed by atoms with van der Waals surface area (Å²) < 4.78 is 0. The van der Waals surface area contributed by atoms with Gasteiger partial charge in [0.15, 0.2) is 0 Å². The molecule has 0 radical (unpaired) electrons. The van der Waals surface area contributed by atoms with Gasteiger partial charge in [-0.1, -0.05) is 6.42 Å². The molecule has 1 saturated heterocycles.